The van der Waals surface area contributed by atoms with Crippen LogP contribution in [0.25, 0.3) is 0 Å². The van der Waals surface area contributed by atoms with Gasteiger partial charge < -0.3 is 15.4 Å². The molecule has 0 fully saturated rings. The number of nitro groups is 1. The Hall–Kier alpha value is -3.26. The van der Waals surface area contributed by atoms with Crippen LogP contribution in [0.5, 0.6) is 0 Å². The number of nitro benzene ring substituents is 1. The number of amides is 2. The van der Waals surface area contributed by atoms with Gasteiger partial charge in [0.25, 0.3) is 5.69 Å². The van der Waals surface area contributed by atoms with Crippen LogP contribution in [-0.4, -0.2) is 30.0 Å². The zero-order valence-electron chi connectivity index (χ0n) is 12.6. The molecule has 0 saturated carbocycles. The molecule has 0 atom stereocenters. The van der Waals surface area contributed by atoms with Crippen LogP contribution in [0.3, 0.4) is 0 Å². The number of nitrogens with zero attached hydrogens (tertiary/aromatic N) is 1. The number of rotatable bonds is 7. The van der Waals surface area contributed by atoms with E-state index in [-0.39, 0.29) is 24.8 Å². The van der Waals surface area contributed by atoms with Gasteiger partial charge in [-0.05, 0) is 24.3 Å². The quantitative estimate of drug-likeness (QED) is 0.597. The second-order valence-electron chi connectivity index (χ2n) is 4.76. The number of carbonyl (C=O) groups excluding carboxylic acids is 2. The molecule has 124 valence electrons. The number of non-ortho nitro benzene ring substituents is 1. The van der Waals surface area contributed by atoms with E-state index >= 15 is 0 Å². The fourth-order valence-corrected chi connectivity index (χ4v) is 1.82. The highest BCUT2D eigenvalue weighted by molar-refractivity contribution is 5.93. The van der Waals surface area contributed by atoms with Gasteiger partial charge in [0, 0.05) is 23.5 Å². The first kappa shape index (κ1) is 17.1. The maximum absolute atomic E-state index is 11.7. The second-order valence-corrected chi connectivity index (χ2v) is 4.76. The summed E-state index contributed by atoms with van der Waals surface area (Å²) < 4.78 is 5.03. The molecule has 2 N–H and O–H groups in total. The average molecular weight is 329 g/mol. The van der Waals surface area contributed by atoms with Crippen LogP contribution in [0.4, 0.5) is 17.1 Å². The van der Waals surface area contributed by atoms with Crippen molar-refractivity contribution < 1.29 is 19.2 Å². The summed E-state index contributed by atoms with van der Waals surface area (Å²) in [6, 6.07) is 14.3. The summed E-state index contributed by atoms with van der Waals surface area (Å²) >= 11 is 0. The Bertz CT molecular complexity index is 716. The van der Waals surface area contributed by atoms with Gasteiger partial charge in [-0.25, -0.2) is 0 Å². The Balaban J connectivity index is 1.71. The van der Waals surface area contributed by atoms with Crippen LogP contribution in [0.1, 0.15) is 0 Å². The van der Waals surface area contributed by atoms with Crippen molar-refractivity contribution in [2.45, 2.75) is 0 Å². The molecule has 2 rings (SSSR count). The normalized spacial score (nSPS) is 10.0. The number of benzene rings is 2. The highest BCUT2D eigenvalue weighted by Gasteiger charge is 2.08. The molecule has 0 radical (unpaired) electrons. The van der Waals surface area contributed by atoms with E-state index in [2.05, 4.69) is 10.6 Å². The molecule has 8 heteroatoms. The predicted molar refractivity (Wildman–Crippen MR) is 87.6 cm³/mol. The van der Waals surface area contributed by atoms with Crippen molar-refractivity contribution in [2.75, 3.05) is 23.8 Å². The van der Waals surface area contributed by atoms with E-state index in [4.69, 9.17) is 4.74 Å². The van der Waals surface area contributed by atoms with E-state index in [1.165, 1.54) is 24.3 Å². The lowest BCUT2D eigenvalue weighted by atomic mass is 10.3. The van der Waals surface area contributed by atoms with Crippen molar-refractivity contribution in [3.05, 3.63) is 64.7 Å². The second kappa shape index (κ2) is 8.39. The molecule has 0 spiro atoms. The van der Waals surface area contributed by atoms with Crippen molar-refractivity contribution in [2.24, 2.45) is 0 Å². The number of nitrogens with one attached hydrogen (secondary N) is 2. The van der Waals surface area contributed by atoms with Crippen LogP contribution in [0.15, 0.2) is 54.6 Å². The molecule has 0 saturated heterocycles. The van der Waals surface area contributed by atoms with E-state index < -0.39 is 10.8 Å². The largest absolute Gasteiger partial charge is 0.362 e. The summed E-state index contributed by atoms with van der Waals surface area (Å²) in [4.78, 5) is 33.3. The molecule has 0 aliphatic carbocycles. The monoisotopic (exact) mass is 329 g/mol. The number of para-hydroxylation sites is 1. The maximum Gasteiger partial charge on any atom is 0.269 e. The van der Waals surface area contributed by atoms with Crippen molar-refractivity contribution in [1.82, 2.24) is 0 Å². The minimum atomic E-state index is -0.528. The lowest BCUT2D eigenvalue weighted by Crippen LogP contribution is -2.23. The Morgan fingerprint density at radius 2 is 1.38 bits per heavy atom. The maximum atomic E-state index is 11.7. The summed E-state index contributed by atoms with van der Waals surface area (Å²) in [6.45, 7) is -0.568. The number of carbonyl (C=O) groups is 2. The smallest absolute Gasteiger partial charge is 0.269 e. The lowest BCUT2D eigenvalue weighted by Gasteiger charge is -2.07. The van der Waals surface area contributed by atoms with Gasteiger partial charge in [-0.15, -0.1) is 0 Å². The predicted octanol–water partition coefficient (Wildman–Crippen LogP) is 2.19. The van der Waals surface area contributed by atoms with Gasteiger partial charge in [-0.2, -0.15) is 0 Å². The molecular weight excluding hydrogens is 314 g/mol. The van der Waals surface area contributed by atoms with Crippen molar-refractivity contribution in [1.29, 1.82) is 0 Å². The van der Waals surface area contributed by atoms with Gasteiger partial charge in [-0.3, -0.25) is 19.7 Å². The average Bonchev–Trinajstić information content (AvgIpc) is 2.56. The summed E-state index contributed by atoms with van der Waals surface area (Å²) in [5.41, 5.74) is 0.978. The molecule has 0 aliphatic rings. The zero-order chi connectivity index (χ0) is 17.4. The first-order valence-electron chi connectivity index (χ1n) is 7.01. The Kier molecular flexibility index (Phi) is 5.98. The van der Waals surface area contributed by atoms with Crippen molar-refractivity contribution in [3.63, 3.8) is 0 Å². The molecule has 0 aromatic heterocycles. The molecule has 2 aromatic rings. The third-order valence-electron chi connectivity index (χ3n) is 2.89. The van der Waals surface area contributed by atoms with Gasteiger partial charge in [0.05, 0.1) is 4.92 Å². The number of ether oxygens (including phenoxy) is 1. The van der Waals surface area contributed by atoms with Gasteiger partial charge >= 0.3 is 0 Å². The molecular formula is C16H15N3O5. The summed E-state index contributed by atoms with van der Waals surface area (Å²) in [5, 5.41) is 15.7. The molecule has 24 heavy (non-hydrogen) atoms. The third kappa shape index (κ3) is 5.50. The summed E-state index contributed by atoms with van der Waals surface area (Å²) in [6.07, 6.45) is 0. The molecule has 0 aliphatic heterocycles. The first-order valence-corrected chi connectivity index (χ1v) is 7.01. The van der Waals surface area contributed by atoms with Crippen molar-refractivity contribution in [3.8, 4) is 0 Å². The zero-order valence-corrected chi connectivity index (χ0v) is 12.6. The van der Waals surface area contributed by atoms with Crippen molar-refractivity contribution >= 4 is 28.9 Å². The third-order valence-corrected chi connectivity index (χ3v) is 2.89. The van der Waals surface area contributed by atoms with Crippen LogP contribution < -0.4 is 10.6 Å². The fraction of sp³-hybridized carbons (Fsp3) is 0.125. The lowest BCUT2D eigenvalue weighted by molar-refractivity contribution is -0.384. The Morgan fingerprint density at radius 1 is 0.875 bits per heavy atom. The Labute approximate surface area is 137 Å². The SMILES string of the molecule is O=C(COCC(=O)Nc1ccc([N+](=O)[O-])cc1)Nc1ccccc1. The first-order chi connectivity index (χ1) is 11.5. The molecule has 8 nitrogen and oxygen atoms in total. The molecule has 2 amide bonds. The van der Waals surface area contributed by atoms with Crippen LogP contribution in [0, 0.1) is 10.1 Å². The van der Waals surface area contributed by atoms with Gasteiger partial charge in [0.15, 0.2) is 0 Å². The highest BCUT2D eigenvalue weighted by atomic mass is 16.6. The van der Waals surface area contributed by atoms with Crippen LogP contribution >= 0.6 is 0 Å². The summed E-state index contributed by atoms with van der Waals surface area (Å²) in [5.74, 6) is -0.833. The molecule has 0 heterocycles. The molecule has 2 aromatic carbocycles. The van der Waals surface area contributed by atoms with E-state index in [0.29, 0.717) is 11.4 Å². The van der Waals surface area contributed by atoms with E-state index in [1.54, 1.807) is 24.3 Å². The minimum absolute atomic E-state index is 0.0677. The standard InChI is InChI=1S/C16H15N3O5/c20-15(17-12-4-2-1-3-5-12)10-24-11-16(21)18-13-6-8-14(9-7-13)19(22)23/h1-9H,10-11H2,(H,17,20)(H,18,21). The van der Waals surface area contributed by atoms with E-state index in [1.807, 2.05) is 6.07 Å². The van der Waals surface area contributed by atoms with Gasteiger partial charge in [0.1, 0.15) is 13.2 Å². The fourth-order valence-electron chi connectivity index (χ4n) is 1.82. The van der Waals surface area contributed by atoms with E-state index in [9.17, 15) is 19.7 Å². The highest BCUT2D eigenvalue weighted by Crippen LogP contribution is 2.15. The van der Waals surface area contributed by atoms with Gasteiger partial charge in [0.2, 0.25) is 11.8 Å². The molecule has 0 unspecified atom stereocenters. The number of hydrogen-bond donors (Lipinski definition) is 2. The molecule has 0 bridgehead atoms. The van der Waals surface area contributed by atoms with Crippen LogP contribution in [-0.2, 0) is 14.3 Å². The van der Waals surface area contributed by atoms with Gasteiger partial charge in [-0.1, -0.05) is 18.2 Å². The van der Waals surface area contributed by atoms with E-state index in [0.717, 1.165) is 0 Å². The van der Waals surface area contributed by atoms with Crippen LogP contribution in [0.2, 0.25) is 0 Å². The number of hydrogen-bond acceptors (Lipinski definition) is 5. The topological polar surface area (TPSA) is 111 Å². The Morgan fingerprint density at radius 3 is 1.88 bits per heavy atom. The summed E-state index contributed by atoms with van der Waals surface area (Å²) in [7, 11) is 0. The number of anilines is 2. The minimum Gasteiger partial charge on any atom is -0.362 e.